The van der Waals surface area contributed by atoms with Gasteiger partial charge in [0.15, 0.2) is 0 Å². The average molecular weight is 352 g/mol. The molecular formula is C18H22ClNO2S. The number of thioether (sulfide) groups is 1. The van der Waals surface area contributed by atoms with Crippen molar-refractivity contribution in [1.82, 2.24) is 4.90 Å². The molecule has 124 valence electrons. The van der Waals surface area contributed by atoms with Gasteiger partial charge in [-0.3, -0.25) is 4.79 Å². The van der Waals surface area contributed by atoms with E-state index < -0.39 is 0 Å². The Hall–Kier alpha value is -0.970. The molecule has 1 atom stereocenters. The summed E-state index contributed by atoms with van der Waals surface area (Å²) in [4.78, 5) is 14.7. The molecule has 1 amide bonds. The maximum absolute atomic E-state index is 12.7. The molecule has 0 unspecified atom stereocenters. The lowest BCUT2D eigenvalue weighted by Crippen LogP contribution is -2.36. The van der Waals surface area contributed by atoms with Gasteiger partial charge in [0, 0.05) is 30.0 Å². The number of methoxy groups -OCH3 is 1. The SMILES string of the molecule is COCCN1C(=O)C2=C(CCCC2)[C@@H]1SCc1ccc(Cl)cc1. The van der Waals surface area contributed by atoms with Crippen LogP contribution in [0.25, 0.3) is 0 Å². The molecule has 3 rings (SSSR count). The highest BCUT2D eigenvalue weighted by Crippen LogP contribution is 2.41. The van der Waals surface area contributed by atoms with Gasteiger partial charge in [0.05, 0.1) is 6.61 Å². The molecule has 23 heavy (non-hydrogen) atoms. The maximum atomic E-state index is 12.7. The summed E-state index contributed by atoms with van der Waals surface area (Å²) < 4.78 is 5.19. The Kier molecular flexibility index (Phi) is 5.67. The van der Waals surface area contributed by atoms with Crippen LogP contribution < -0.4 is 0 Å². The molecule has 1 aliphatic heterocycles. The van der Waals surface area contributed by atoms with Crippen molar-refractivity contribution < 1.29 is 9.53 Å². The summed E-state index contributed by atoms with van der Waals surface area (Å²) in [6.07, 6.45) is 4.33. The van der Waals surface area contributed by atoms with Gasteiger partial charge in [0.25, 0.3) is 5.91 Å². The molecule has 1 aromatic rings. The normalized spacial score (nSPS) is 21.0. The quantitative estimate of drug-likeness (QED) is 0.767. The molecule has 1 aliphatic carbocycles. The van der Waals surface area contributed by atoms with Crippen molar-refractivity contribution in [2.24, 2.45) is 0 Å². The third-order valence-electron chi connectivity index (χ3n) is 4.47. The summed E-state index contributed by atoms with van der Waals surface area (Å²) >= 11 is 7.79. The second-order valence-electron chi connectivity index (χ2n) is 5.99. The molecule has 5 heteroatoms. The Morgan fingerprint density at radius 1 is 1.26 bits per heavy atom. The molecule has 0 N–H and O–H groups in total. The standard InChI is InChI=1S/C18H22ClNO2S/c1-22-11-10-20-17(21)15-4-2-3-5-16(15)18(20)23-12-13-6-8-14(19)9-7-13/h6-9,18H,2-5,10-12H2,1H3/t18-/m0/s1. The average Bonchev–Trinajstić information content (AvgIpc) is 2.85. The lowest BCUT2D eigenvalue weighted by Gasteiger charge is -2.26. The fourth-order valence-corrected chi connectivity index (χ4v) is 4.78. The number of hydrogen-bond acceptors (Lipinski definition) is 3. The molecule has 0 fully saturated rings. The van der Waals surface area contributed by atoms with Crippen LogP contribution in [0.2, 0.25) is 5.02 Å². The van der Waals surface area contributed by atoms with Crippen molar-refractivity contribution in [3.63, 3.8) is 0 Å². The smallest absolute Gasteiger partial charge is 0.251 e. The summed E-state index contributed by atoms with van der Waals surface area (Å²) in [7, 11) is 1.68. The molecule has 0 saturated carbocycles. The predicted molar refractivity (Wildman–Crippen MR) is 95.6 cm³/mol. The van der Waals surface area contributed by atoms with Gasteiger partial charge >= 0.3 is 0 Å². The molecule has 3 nitrogen and oxygen atoms in total. The van der Waals surface area contributed by atoms with Gasteiger partial charge in [-0.25, -0.2) is 0 Å². The largest absolute Gasteiger partial charge is 0.383 e. The van der Waals surface area contributed by atoms with Crippen LogP contribution in [-0.2, 0) is 15.3 Å². The lowest BCUT2D eigenvalue weighted by molar-refractivity contribution is -0.126. The second kappa shape index (κ2) is 7.73. The molecule has 0 saturated heterocycles. The Morgan fingerprint density at radius 3 is 2.74 bits per heavy atom. The zero-order valence-electron chi connectivity index (χ0n) is 13.4. The van der Waals surface area contributed by atoms with E-state index in [1.54, 1.807) is 7.11 Å². The molecule has 1 heterocycles. The van der Waals surface area contributed by atoms with Crippen LogP contribution in [0, 0.1) is 0 Å². The lowest BCUT2D eigenvalue weighted by atomic mass is 9.94. The van der Waals surface area contributed by atoms with Crippen LogP contribution in [0.3, 0.4) is 0 Å². The summed E-state index contributed by atoms with van der Waals surface area (Å²) in [5.41, 5.74) is 3.67. The first-order chi connectivity index (χ1) is 11.2. The summed E-state index contributed by atoms with van der Waals surface area (Å²) in [6.45, 7) is 1.25. The van der Waals surface area contributed by atoms with E-state index in [1.165, 1.54) is 17.6 Å². The zero-order valence-corrected chi connectivity index (χ0v) is 15.0. The number of carbonyl (C=O) groups excluding carboxylic acids is 1. The van der Waals surface area contributed by atoms with E-state index in [0.717, 1.165) is 35.6 Å². The molecule has 0 aromatic heterocycles. The zero-order chi connectivity index (χ0) is 16.2. The van der Waals surface area contributed by atoms with Gasteiger partial charge in [0.2, 0.25) is 0 Å². The van der Waals surface area contributed by atoms with Crippen LogP contribution in [0.1, 0.15) is 31.2 Å². The van der Waals surface area contributed by atoms with Crippen molar-refractivity contribution in [1.29, 1.82) is 0 Å². The van der Waals surface area contributed by atoms with Crippen molar-refractivity contribution in [2.45, 2.75) is 36.8 Å². The first-order valence-corrected chi connectivity index (χ1v) is 9.51. The van der Waals surface area contributed by atoms with Gasteiger partial charge in [-0.05, 0) is 49.0 Å². The van der Waals surface area contributed by atoms with E-state index in [9.17, 15) is 4.79 Å². The number of rotatable bonds is 6. The summed E-state index contributed by atoms with van der Waals surface area (Å²) in [5.74, 6) is 1.11. The van der Waals surface area contributed by atoms with E-state index in [2.05, 4.69) is 12.1 Å². The van der Waals surface area contributed by atoms with Crippen molar-refractivity contribution >= 4 is 29.3 Å². The van der Waals surface area contributed by atoms with Crippen molar-refractivity contribution in [3.05, 3.63) is 46.0 Å². The first-order valence-electron chi connectivity index (χ1n) is 8.08. The minimum Gasteiger partial charge on any atom is -0.383 e. The Balaban J connectivity index is 1.73. The maximum Gasteiger partial charge on any atom is 0.251 e. The second-order valence-corrected chi connectivity index (χ2v) is 7.50. The van der Waals surface area contributed by atoms with Crippen molar-refractivity contribution in [3.8, 4) is 0 Å². The molecule has 2 aliphatic rings. The van der Waals surface area contributed by atoms with Gasteiger partial charge in [-0.15, -0.1) is 11.8 Å². The molecular weight excluding hydrogens is 330 g/mol. The van der Waals surface area contributed by atoms with Crippen LogP contribution in [0.5, 0.6) is 0 Å². The first kappa shape index (κ1) is 16.9. The number of nitrogens with zero attached hydrogens (tertiary/aromatic N) is 1. The highest BCUT2D eigenvalue weighted by Gasteiger charge is 2.39. The fourth-order valence-electron chi connectivity index (χ4n) is 3.27. The predicted octanol–water partition coefficient (Wildman–Crippen LogP) is 4.26. The van der Waals surface area contributed by atoms with E-state index in [-0.39, 0.29) is 11.3 Å². The molecule has 0 spiro atoms. The van der Waals surface area contributed by atoms with Gasteiger partial charge < -0.3 is 9.64 Å². The minimum atomic E-state index is 0.170. The number of ether oxygens (including phenoxy) is 1. The van der Waals surface area contributed by atoms with Crippen LogP contribution in [-0.4, -0.2) is 36.4 Å². The fraction of sp³-hybridized carbons (Fsp3) is 0.500. The van der Waals surface area contributed by atoms with Gasteiger partial charge in [-0.1, -0.05) is 23.7 Å². The topological polar surface area (TPSA) is 29.5 Å². The highest BCUT2D eigenvalue weighted by molar-refractivity contribution is 7.99. The van der Waals surface area contributed by atoms with E-state index in [0.29, 0.717) is 13.2 Å². The number of hydrogen-bond donors (Lipinski definition) is 0. The van der Waals surface area contributed by atoms with Crippen molar-refractivity contribution in [2.75, 3.05) is 20.3 Å². The van der Waals surface area contributed by atoms with E-state index in [4.69, 9.17) is 16.3 Å². The Labute approximate surface area is 147 Å². The minimum absolute atomic E-state index is 0.170. The molecule has 0 bridgehead atoms. The third-order valence-corrected chi connectivity index (χ3v) is 6.07. The molecule has 1 aromatic carbocycles. The Morgan fingerprint density at radius 2 is 2.00 bits per heavy atom. The van der Waals surface area contributed by atoms with Crippen LogP contribution in [0.4, 0.5) is 0 Å². The van der Waals surface area contributed by atoms with Crippen LogP contribution in [0.15, 0.2) is 35.4 Å². The highest BCUT2D eigenvalue weighted by atomic mass is 35.5. The molecule has 0 radical (unpaired) electrons. The Bertz CT molecular complexity index is 600. The summed E-state index contributed by atoms with van der Waals surface area (Å²) in [6, 6.07) is 7.96. The van der Waals surface area contributed by atoms with Crippen LogP contribution >= 0.6 is 23.4 Å². The van der Waals surface area contributed by atoms with E-state index in [1.807, 2.05) is 28.8 Å². The van der Waals surface area contributed by atoms with E-state index >= 15 is 0 Å². The number of benzene rings is 1. The van der Waals surface area contributed by atoms with Gasteiger partial charge in [-0.2, -0.15) is 0 Å². The van der Waals surface area contributed by atoms with Gasteiger partial charge in [0.1, 0.15) is 5.37 Å². The third kappa shape index (κ3) is 3.76. The summed E-state index contributed by atoms with van der Waals surface area (Å²) in [5, 5.41) is 0.928. The monoisotopic (exact) mass is 351 g/mol. The number of halogens is 1. The number of amides is 1. The number of carbonyl (C=O) groups is 1.